The lowest BCUT2D eigenvalue weighted by molar-refractivity contribution is -0.914. The molecule has 0 amide bonds. The second-order valence-corrected chi connectivity index (χ2v) is 7.33. The summed E-state index contributed by atoms with van der Waals surface area (Å²) < 4.78 is 19.9. The molecule has 0 aromatic heterocycles. The van der Waals surface area contributed by atoms with Crippen LogP contribution in [0, 0.1) is 5.82 Å². The van der Waals surface area contributed by atoms with Crippen LogP contribution in [0.1, 0.15) is 48.2 Å². The number of carbonyl (C=O) groups excluding carboxylic acids is 1. The zero-order valence-corrected chi connectivity index (χ0v) is 16.7. The monoisotopic (exact) mass is 403 g/mol. The Morgan fingerprint density at radius 2 is 1.89 bits per heavy atom. The zero-order valence-electron chi connectivity index (χ0n) is 16.0. The molecule has 148 valence electrons. The number of ether oxygens (including phenoxy) is 1. The van der Waals surface area contributed by atoms with Crippen LogP contribution in [-0.4, -0.2) is 18.9 Å². The summed E-state index contributed by atoms with van der Waals surface area (Å²) in [5.41, 5.74) is 0.917. The largest absolute Gasteiger partial charge is 0.872 e. The topological polar surface area (TPSA) is 53.8 Å². The smallest absolute Gasteiger partial charge is 0.231 e. The van der Waals surface area contributed by atoms with E-state index in [1.165, 1.54) is 35.2 Å². The molecule has 1 aliphatic rings. The van der Waals surface area contributed by atoms with Gasteiger partial charge in [-0.1, -0.05) is 43.3 Å². The van der Waals surface area contributed by atoms with E-state index in [9.17, 15) is 14.3 Å². The molecule has 2 aromatic carbocycles. The van der Waals surface area contributed by atoms with Crippen LogP contribution in [0.15, 0.2) is 36.1 Å². The minimum absolute atomic E-state index is 0.0265. The number of benzene rings is 2. The highest BCUT2D eigenvalue weighted by atomic mass is 35.5. The summed E-state index contributed by atoms with van der Waals surface area (Å²) >= 11 is 6.06. The van der Waals surface area contributed by atoms with E-state index in [2.05, 4.69) is 13.8 Å². The molecule has 28 heavy (non-hydrogen) atoms. The van der Waals surface area contributed by atoms with Crippen molar-refractivity contribution in [2.75, 3.05) is 13.1 Å². The van der Waals surface area contributed by atoms with Crippen LogP contribution in [0.5, 0.6) is 11.5 Å². The summed E-state index contributed by atoms with van der Waals surface area (Å²) in [7, 11) is 0. The molecule has 0 bridgehead atoms. The summed E-state index contributed by atoms with van der Waals surface area (Å²) in [4.78, 5) is 14.0. The Kier molecular flexibility index (Phi) is 6.37. The van der Waals surface area contributed by atoms with Crippen molar-refractivity contribution in [1.29, 1.82) is 0 Å². The van der Waals surface area contributed by atoms with Gasteiger partial charge in [0.05, 0.1) is 23.7 Å². The number of rotatable bonds is 7. The number of hydrogen-bond donors (Lipinski definition) is 1. The maximum Gasteiger partial charge on any atom is 0.231 e. The molecule has 1 heterocycles. The Morgan fingerprint density at radius 1 is 1.18 bits per heavy atom. The van der Waals surface area contributed by atoms with Gasteiger partial charge in [0.25, 0.3) is 0 Å². The quantitative estimate of drug-likeness (QED) is 0.721. The predicted molar refractivity (Wildman–Crippen MR) is 105 cm³/mol. The van der Waals surface area contributed by atoms with Crippen molar-refractivity contribution >= 4 is 23.5 Å². The summed E-state index contributed by atoms with van der Waals surface area (Å²) in [6.45, 7) is 6.55. The SMILES string of the molecule is CCC[NH+](CCC)Cc1c([O-])ccc2c1OC(=Cc1c(F)cccc1Cl)C2=O. The van der Waals surface area contributed by atoms with Gasteiger partial charge in [-0.25, -0.2) is 4.39 Å². The first-order chi connectivity index (χ1) is 13.5. The third kappa shape index (κ3) is 4.05. The first kappa shape index (κ1) is 20.4. The van der Waals surface area contributed by atoms with Crippen molar-refractivity contribution in [1.82, 2.24) is 0 Å². The van der Waals surface area contributed by atoms with E-state index in [0.29, 0.717) is 23.4 Å². The van der Waals surface area contributed by atoms with Crippen molar-refractivity contribution in [3.05, 3.63) is 63.6 Å². The lowest BCUT2D eigenvalue weighted by atomic mass is 10.0. The van der Waals surface area contributed by atoms with Gasteiger partial charge in [-0.05, 0) is 37.1 Å². The number of quaternary nitrogens is 1. The molecule has 4 nitrogen and oxygen atoms in total. The van der Waals surface area contributed by atoms with Crippen LogP contribution in [0.2, 0.25) is 5.02 Å². The van der Waals surface area contributed by atoms with E-state index < -0.39 is 5.82 Å². The average molecular weight is 404 g/mol. The third-order valence-corrected chi connectivity index (χ3v) is 5.14. The van der Waals surface area contributed by atoms with E-state index in [-0.39, 0.29) is 27.9 Å². The van der Waals surface area contributed by atoms with Crippen molar-refractivity contribution in [2.45, 2.75) is 33.2 Å². The average Bonchev–Trinajstić information content (AvgIpc) is 2.97. The summed E-state index contributed by atoms with van der Waals surface area (Å²) in [6.07, 6.45) is 3.29. The maximum absolute atomic E-state index is 14.1. The van der Waals surface area contributed by atoms with Crippen LogP contribution < -0.4 is 14.7 Å². The molecule has 0 saturated carbocycles. The Bertz CT molecular complexity index is 900. The van der Waals surface area contributed by atoms with Crippen molar-refractivity contribution < 1.29 is 23.9 Å². The second-order valence-electron chi connectivity index (χ2n) is 6.92. The second kappa shape index (κ2) is 8.76. The molecule has 1 N–H and O–H groups in total. The first-order valence-electron chi connectivity index (χ1n) is 9.50. The summed E-state index contributed by atoms with van der Waals surface area (Å²) in [6, 6.07) is 7.19. The van der Waals surface area contributed by atoms with Crippen molar-refractivity contribution in [3.63, 3.8) is 0 Å². The molecule has 2 aromatic rings. The minimum Gasteiger partial charge on any atom is -0.872 e. The molecule has 1 aliphatic heterocycles. The van der Waals surface area contributed by atoms with Crippen LogP contribution in [-0.2, 0) is 6.54 Å². The molecule has 0 radical (unpaired) electrons. The van der Waals surface area contributed by atoms with Crippen LogP contribution in [0.3, 0.4) is 0 Å². The van der Waals surface area contributed by atoms with Crippen LogP contribution >= 0.6 is 11.6 Å². The number of hydrogen-bond acceptors (Lipinski definition) is 3. The normalized spacial score (nSPS) is 14.6. The van der Waals surface area contributed by atoms with Crippen LogP contribution in [0.25, 0.3) is 6.08 Å². The van der Waals surface area contributed by atoms with Gasteiger partial charge in [0.15, 0.2) is 5.76 Å². The van der Waals surface area contributed by atoms with Gasteiger partial charge in [0.2, 0.25) is 5.78 Å². The Labute approximate surface area is 169 Å². The first-order valence-corrected chi connectivity index (χ1v) is 9.88. The molecule has 0 atom stereocenters. The molecule has 0 unspecified atom stereocenters. The number of allylic oxidation sites excluding steroid dienone is 1. The number of fused-ring (bicyclic) bond motifs is 1. The summed E-state index contributed by atoms with van der Waals surface area (Å²) in [5.74, 6) is -0.801. The highest BCUT2D eigenvalue weighted by Crippen LogP contribution is 2.38. The van der Waals surface area contributed by atoms with Gasteiger partial charge < -0.3 is 14.7 Å². The zero-order chi connectivity index (χ0) is 20.3. The molecule has 6 heteroatoms. The fourth-order valence-corrected chi connectivity index (χ4v) is 3.71. The van der Waals surface area contributed by atoms with Crippen molar-refractivity contribution in [3.8, 4) is 11.5 Å². The van der Waals surface area contributed by atoms with Gasteiger partial charge in [-0.15, -0.1) is 0 Å². The number of Topliss-reactive ketones (excluding diaryl/α,β-unsaturated/α-hetero) is 1. The highest BCUT2D eigenvalue weighted by molar-refractivity contribution is 6.32. The van der Waals surface area contributed by atoms with E-state index in [4.69, 9.17) is 16.3 Å². The Balaban J connectivity index is 1.98. The standard InChI is InChI=1S/C22H23ClFNO3/c1-3-10-25(11-4-2)13-16-19(26)9-8-14-21(27)20(28-22(14)16)12-15-17(23)6-5-7-18(15)24/h5-9,12,26H,3-4,10-11,13H2,1-2H3. The van der Waals surface area contributed by atoms with E-state index >= 15 is 0 Å². The fraction of sp³-hybridized carbons (Fsp3) is 0.318. The minimum atomic E-state index is -0.543. The molecular weight excluding hydrogens is 381 g/mol. The summed E-state index contributed by atoms with van der Waals surface area (Å²) in [5, 5.41) is 12.7. The molecular formula is C22H23ClFNO3. The van der Waals surface area contributed by atoms with E-state index in [1.54, 1.807) is 6.07 Å². The lowest BCUT2D eigenvalue weighted by Crippen LogP contribution is -3.10. The number of ketones is 1. The number of halogens is 2. The highest BCUT2D eigenvalue weighted by Gasteiger charge is 2.31. The predicted octanol–water partition coefficient (Wildman–Crippen LogP) is 3.37. The third-order valence-electron chi connectivity index (χ3n) is 4.81. The molecule has 0 saturated heterocycles. The molecule has 0 spiro atoms. The van der Waals surface area contributed by atoms with Crippen molar-refractivity contribution in [2.24, 2.45) is 0 Å². The maximum atomic E-state index is 14.1. The lowest BCUT2D eigenvalue weighted by Gasteiger charge is -2.23. The van der Waals surface area contributed by atoms with E-state index in [0.717, 1.165) is 25.9 Å². The Morgan fingerprint density at radius 3 is 2.54 bits per heavy atom. The number of carbonyl (C=O) groups is 1. The fourth-order valence-electron chi connectivity index (χ4n) is 3.50. The number of nitrogens with one attached hydrogen (secondary N) is 1. The van der Waals surface area contributed by atoms with Gasteiger partial charge in [0.1, 0.15) is 18.1 Å². The molecule has 0 aliphatic carbocycles. The molecule has 3 rings (SSSR count). The Hall–Kier alpha value is -2.37. The van der Waals surface area contributed by atoms with Gasteiger partial charge >= 0.3 is 0 Å². The van der Waals surface area contributed by atoms with Gasteiger partial charge in [-0.2, -0.15) is 0 Å². The van der Waals surface area contributed by atoms with Gasteiger partial charge in [-0.3, -0.25) is 4.79 Å². The van der Waals surface area contributed by atoms with Crippen LogP contribution in [0.4, 0.5) is 4.39 Å². The molecule has 0 fully saturated rings. The van der Waals surface area contributed by atoms with E-state index in [1.807, 2.05) is 0 Å². The van der Waals surface area contributed by atoms with Gasteiger partial charge in [0, 0.05) is 11.1 Å².